The number of nitrogens with one attached hydrogen (secondary N) is 1. The average Bonchev–Trinajstić information content (AvgIpc) is 2.69. The van der Waals surface area contributed by atoms with Crippen LogP contribution in [0, 0.1) is 6.92 Å². The molecule has 144 valence electrons. The average molecular weight is 381 g/mol. The molecule has 1 heterocycles. The number of unbranched alkanes of at least 4 members (excludes halogenated alkanes) is 3. The monoisotopic (exact) mass is 380 g/mol. The van der Waals surface area contributed by atoms with Crippen molar-refractivity contribution in [1.82, 2.24) is 9.71 Å². The molecule has 1 aromatic heterocycles. The number of allylic oxidation sites excluding steroid dienone is 2. The van der Waals surface area contributed by atoms with E-state index in [0.29, 0.717) is 0 Å². The summed E-state index contributed by atoms with van der Waals surface area (Å²) in [5, 5.41) is 0. The predicted molar refractivity (Wildman–Crippen MR) is 120 cm³/mol. The van der Waals surface area contributed by atoms with Crippen molar-refractivity contribution in [2.75, 3.05) is 0 Å². The third-order valence-electron chi connectivity index (χ3n) is 4.51. The molecule has 1 aromatic carbocycles. The quantitative estimate of drug-likeness (QED) is 0.238. The van der Waals surface area contributed by atoms with Gasteiger partial charge in [-0.3, -0.25) is 4.98 Å². The van der Waals surface area contributed by atoms with E-state index in [1.807, 2.05) is 12.3 Å². The zero-order valence-corrected chi connectivity index (χ0v) is 17.6. The molecule has 0 saturated heterocycles. The van der Waals surface area contributed by atoms with Gasteiger partial charge in [-0.15, -0.1) is 6.58 Å². The maximum atomic E-state index is 4.75. The van der Waals surface area contributed by atoms with Crippen LogP contribution < -0.4 is 4.72 Å². The highest BCUT2D eigenvalue weighted by Gasteiger charge is 2.09. The Kier molecular flexibility index (Phi) is 9.20. The number of aromatic nitrogens is 1. The second kappa shape index (κ2) is 11.7. The Labute approximate surface area is 169 Å². The van der Waals surface area contributed by atoms with Crippen LogP contribution in [0.4, 0.5) is 0 Å². The zero-order valence-electron chi connectivity index (χ0n) is 16.8. The fraction of sp³-hybridized carbons (Fsp3) is 0.375. The molecule has 2 nitrogen and oxygen atoms in total. The van der Waals surface area contributed by atoms with Crippen LogP contribution in [0.1, 0.15) is 56.6 Å². The number of benzene rings is 1. The summed E-state index contributed by atoms with van der Waals surface area (Å²) >= 11 is 1.61. The van der Waals surface area contributed by atoms with Gasteiger partial charge in [0.1, 0.15) is 0 Å². The largest absolute Gasteiger partial charge is 0.330 e. The summed E-state index contributed by atoms with van der Waals surface area (Å²) in [6.45, 7) is 12.2. The summed E-state index contributed by atoms with van der Waals surface area (Å²) in [7, 11) is 0. The molecular weight excluding hydrogens is 348 g/mol. The van der Waals surface area contributed by atoms with Gasteiger partial charge in [-0.05, 0) is 68.3 Å². The van der Waals surface area contributed by atoms with E-state index in [2.05, 4.69) is 62.1 Å². The molecular formula is C24H32N2S. The zero-order chi connectivity index (χ0) is 19.5. The Morgan fingerprint density at radius 2 is 2.04 bits per heavy atom. The molecule has 3 heteroatoms. The normalized spacial score (nSPS) is 10.6. The van der Waals surface area contributed by atoms with Crippen molar-refractivity contribution in [3.05, 3.63) is 72.6 Å². The van der Waals surface area contributed by atoms with E-state index in [1.165, 1.54) is 47.3 Å². The van der Waals surface area contributed by atoms with E-state index in [0.717, 1.165) is 30.7 Å². The summed E-state index contributed by atoms with van der Waals surface area (Å²) in [6, 6.07) is 10.9. The van der Waals surface area contributed by atoms with Crippen molar-refractivity contribution in [2.24, 2.45) is 0 Å². The van der Waals surface area contributed by atoms with Crippen LogP contribution in [0.25, 0.3) is 11.3 Å². The van der Waals surface area contributed by atoms with E-state index < -0.39 is 0 Å². The van der Waals surface area contributed by atoms with Gasteiger partial charge in [-0.2, -0.15) is 0 Å². The molecule has 0 radical (unpaired) electrons. The number of aryl methyl sites for hydroxylation is 2. The molecule has 0 aliphatic heterocycles. The Balaban J connectivity index is 2.06. The van der Waals surface area contributed by atoms with Crippen LogP contribution in [0.2, 0.25) is 0 Å². The molecule has 0 bridgehead atoms. The van der Waals surface area contributed by atoms with Crippen molar-refractivity contribution in [3.8, 4) is 11.3 Å². The third kappa shape index (κ3) is 7.26. The van der Waals surface area contributed by atoms with Crippen LogP contribution in [-0.2, 0) is 6.42 Å². The highest BCUT2D eigenvalue weighted by atomic mass is 32.2. The van der Waals surface area contributed by atoms with Gasteiger partial charge in [0.05, 0.1) is 5.69 Å². The third-order valence-corrected chi connectivity index (χ3v) is 5.48. The molecule has 0 unspecified atom stereocenters. The lowest BCUT2D eigenvalue weighted by atomic mass is 10.1. The molecule has 0 aliphatic carbocycles. The van der Waals surface area contributed by atoms with E-state index in [1.54, 1.807) is 11.9 Å². The second-order valence-electron chi connectivity index (χ2n) is 7.00. The molecule has 0 fully saturated rings. The number of hydrogen-bond acceptors (Lipinski definition) is 3. The number of nitrogens with zero attached hydrogens (tertiary/aromatic N) is 1. The first-order valence-corrected chi connectivity index (χ1v) is 10.7. The van der Waals surface area contributed by atoms with Gasteiger partial charge in [0, 0.05) is 22.4 Å². The van der Waals surface area contributed by atoms with Gasteiger partial charge in [0.15, 0.2) is 0 Å². The fourth-order valence-corrected chi connectivity index (χ4v) is 3.64. The van der Waals surface area contributed by atoms with Crippen molar-refractivity contribution in [1.29, 1.82) is 0 Å². The Morgan fingerprint density at radius 3 is 2.74 bits per heavy atom. The topological polar surface area (TPSA) is 24.9 Å². The first-order valence-electron chi connectivity index (χ1n) is 9.91. The molecule has 2 aromatic rings. The standard InChI is InChI=1S/C24H32N2S/c1-5-7-9-10-12-21-14-15-23(25-18-21)22-17-19(3)13-16-24(22)27-26-20(4)11-8-6-2/h6,13-18,26H,2,4-5,7-12H2,1,3H3. The van der Waals surface area contributed by atoms with Gasteiger partial charge < -0.3 is 4.72 Å². The lowest BCUT2D eigenvalue weighted by Gasteiger charge is -2.13. The summed E-state index contributed by atoms with van der Waals surface area (Å²) in [5.41, 5.74) is 5.78. The van der Waals surface area contributed by atoms with E-state index in [-0.39, 0.29) is 0 Å². The minimum Gasteiger partial charge on any atom is -0.330 e. The van der Waals surface area contributed by atoms with E-state index >= 15 is 0 Å². The Morgan fingerprint density at radius 1 is 1.19 bits per heavy atom. The predicted octanol–water partition coefficient (Wildman–Crippen LogP) is 7.26. The lowest BCUT2D eigenvalue weighted by Crippen LogP contribution is -2.02. The summed E-state index contributed by atoms with van der Waals surface area (Å²) in [6.07, 6.45) is 12.1. The first kappa shape index (κ1) is 21.3. The molecule has 0 amide bonds. The molecule has 1 N–H and O–H groups in total. The van der Waals surface area contributed by atoms with Crippen molar-refractivity contribution < 1.29 is 0 Å². The second-order valence-corrected chi connectivity index (χ2v) is 7.85. The number of pyridine rings is 1. The van der Waals surface area contributed by atoms with Crippen LogP contribution in [0.5, 0.6) is 0 Å². The maximum absolute atomic E-state index is 4.75. The highest BCUT2D eigenvalue weighted by Crippen LogP contribution is 2.30. The van der Waals surface area contributed by atoms with Crippen LogP contribution >= 0.6 is 11.9 Å². The molecule has 2 rings (SSSR count). The SMILES string of the molecule is C=CCCC(=C)NSc1ccc(C)cc1-c1ccc(CCCCCC)cn1. The smallest absolute Gasteiger partial charge is 0.0714 e. The van der Waals surface area contributed by atoms with Crippen LogP contribution in [0.15, 0.2) is 66.4 Å². The first-order chi connectivity index (χ1) is 13.1. The van der Waals surface area contributed by atoms with Crippen molar-refractivity contribution in [3.63, 3.8) is 0 Å². The van der Waals surface area contributed by atoms with E-state index in [4.69, 9.17) is 4.98 Å². The fourth-order valence-electron chi connectivity index (χ4n) is 2.88. The molecule has 0 saturated carbocycles. The van der Waals surface area contributed by atoms with Gasteiger partial charge in [0.25, 0.3) is 0 Å². The van der Waals surface area contributed by atoms with Crippen molar-refractivity contribution in [2.45, 2.75) is 63.7 Å². The summed E-state index contributed by atoms with van der Waals surface area (Å²) in [4.78, 5) is 5.92. The highest BCUT2D eigenvalue weighted by molar-refractivity contribution is 7.97. The number of rotatable bonds is 12. The van der Waals surface area contributed by atoms with Gasteiger partial charge in [0.2, 0.25) is 0 Å². The molecule has 0 aliphatic rings. The molecule has 0 spiro atoms. The minimum atomic E-state index is 0.905. The van der Waals surface area contributed by atoms with Gasteiger partial charge >= 0.3 is 0 Å². The summed E-state index contributed by atoms with van der Waals surface area (Å²) < 4.78 is 3.36. The number of hydrogen-bond donors (Lipinski definition) is 1. The Bertz CT molecular complexity index is 735. The van der Waals surface area contributed by atoms with Crippen LogP contribution in [-0.4, -0.2) is 4.98 Å². The van der Waals surface area contributed by atoms with Gasteiger partial charge in [-0.1, -0.05) is 56.5 Å². The van der Waals surface area contributed by atoms with Crippen molar-refractivity contribution >= 4 is 11.9 Å². The minimum absolute atomic E-state index is 0.905. The van der Waals surface area contributed by atoms with Crippen LogP contribution in [0.3, 0.4) is 0 Å². The maximum Gasteiger partial charge on any atom is 0.0714 e. The molecule has 27 heavy (non-hydrogen) atoms. The Hall–Kier alpha value is -2.00. The lowest BCUT2D eigenvalue weighted by molar-refractivity contribution is 0.666. The molecule has 0 atom stereocenters. The summed E-state index contributed by atoms with van der Waals surface area (Å²) in [5.74, 6) is 0. The van der Waals surface area contributed by atoms with Gasteiger partial charge in [-0.25, -0.2) is 0 Å². The van der Waals surface area contributed by atoms with E-state index in [9.17, 15) is 0 Å².